The maximum atomic E-state index is 12.7. The number of hydrazone groups is 1. The van der Waals surface area contributed by atoms with Crippen LogP contribution in [-0.2, 0) is 17.9 Å². The third-order valence-corrected chi connectivity index (χ3v) is 6.39. The number of fused-ring (bicyclic) bond motifs is 1. The smallest absolute Gasteiger partial charge is 0.262 e. The fourth-order valence-electron chi connectivity index (χ4n) is 3.25. The first kappa shape index (κ1) is 22.4. The van der Waals surface area contributed by atoms with Gasteiger partial charge < -0.3 is 4.74 Å². The van der Waals surface area contributed by atoms with Crippen LogP contribution < -0.4 is 15.7 Å². The normalized spacial score (nSPS) is 11.2. The summed E-state index contributed by atoms with van der Waals surface area (Å²) in [5.74, 6) is 0.343. The number of aromatic nitrogens is 2. The number of carbonyl (C=O) groups is 1. The Hall–Kier alpha value is -3.78. The number of hydrogen-bond donors (Lipinski definition) is 1. The third kappa shape index (κ3) is 5.35. The number of amides is 1. The molecule has 0 atom stereocenters. The molecule has 168 valence electrons. The van der Waals surface area contributed by atoms with E-state index >= 15 is 0 Å². The summed E-state index contributed by atoms with van der Waals surface area (Å²) in [4.78, 5) is 31.0. The van der Waals surface area contributed by atoms with E-state index in [1.807, 2.05) is 50.2 Å². The van der Waals surface area contributed by atoms with Gasteiger partial charge in [-0.05, 0) is 61.7 Å². The van der Waals surface area contributed by atoms with Gasteiger partial charge in [-0.3, -0.25) is 14.2 Å². The number of benzene rings is 2. The molecule has 0 saturated carbocycles. The Labute approximate surface area is 195 Å². The number of rotatable bonds is 7. The lowest BCUT2D eigenvalue weighted by Crippen LogP contribution is -2.30. The molecule has 0 fully saturated rings. The number of thiophene rings is 1. The van der Waals surface area contributed by atoms with Crippen LogP contribution in [0, 0.1) is 20.8 Å². The highest BCUT2D eigenvalue weighted by Gasteiger charge is 2.13. The van der Waals surface area contributed by atoms with Gasteiger partial charge in [0.2, 0.25) is 0 Å². The SMILES string of the molecule is Cc1ccc(COc2ccc(C=NNC(=O)Cn3cnc4sc(C)c(C)c4c3=O)cc2)cc1. The lowest BCUT2D eigenvalue weighted by molar-refractivity contribution is -0.121. The summed E-state index contributed by atoms with van der Waals surface area (Å²) in [5, 5.41) is 4.55. The zero-order valence-corrected chi connectivity index (χ0v) is 19.5. The van der Waals surface area contributed by atoms with E-state index < -0.39 is 5.91 Å². The van der Waals surface area contributed by atoms with Crippen LogP contribution in [0.4, 0.5) is 0 Å². The molecule has 33 heavy (non-hydrogen) atoms. The second-order valence-electron chi connectivity index (χ2n) is 7.78. The Bertz CT molecular complexity index is 1370. The van der Waals surface area contributed by atoms with Crippen molar-refractivity contribution in [3.05, 3.63) is 92.3 Å². The number of ether oxygens (including phenoxy) is 1. The summed E-state index contributed by atoms with van der Waals surface area (Å²) in [5.41, 5.74) is 6.27. The fraction of sp³-hybridized carbons (Fsp3) is 0.200. The van der Waals surface area contributed by atoms with Crippen molar-refractivity contribution in [3.63, 3.8) is 0 Å². The zero-order chi connectivity index (χ0) is 23.4. The largest absolute Gasteiger partial charge is 0.489 e. The van der Waals surface area contributed by atoms with Gasteiger partial charge in [0.05, 0.1) is 17.9 Å². The number of nitrogens with one attached hydrogen (secondary N) is 1. The van der Waals surface area contributed by atoms with Gasteiger partial charge in [-0.2, -0.15) is 5.10 Å². The molecule has 0 aliphatic rings. The van der Waals surface area contributed by atoms with Gasteiger partial charge in [-0.25, -0.2) is 10.4 Å². The van der Waals surface area contributed by atoms with Crippen LogP contribution in [0.15, 0.2) is 64.8 Å². The minimum Gasteiger partial charge on any atom is -0.489 e. The monoisotopic (exact) mass is 460 g/mol. The predicted molar refractivity (Wildman–Crippen MR) is 131 cm³/mol. The van der Waals surface area contributed by atoms with Crippen molar-refractivity contribution < 1.29 is 9.53 Å². The molecule has 1 amide bonds. The fourth-order valence-corrected chi connectivity index (χ4v) is 4.24. The second-order valence-corrected chi connectivity index (χ2v) is 8.98. The Morgan fingerprint density at radius 3 is 2.58 bits per heavy atom. The van der Waals surface area contributed by atoms with E-state index in [4.69, 9.17) is 4.74 Å². The van der Waals surface area contributed by atoms with E-state index in [0.29, 0.717) is 16.8 Å². The molecule has 0 aliphatic heterocycles. The van der Waals surface area contributed by atoms with Gasteiger partial charge in [0.15, 0.2) is 0 Å². The molecule has 2 aromatic heterocycles. The predicted octanol–water partition coefficient (Wildman–Crippen LogP) is 4.11. The summed E-state index contributed by atoms with van der Waals surface area (Å²) in [6.07, 6.45) is 2.94. The van der Waals surface area contributed by atoms with Gasteiger partial charge in [-0.1, -0.05) is 29.8 Å². The van der Waals surface area contributed by atoms with Crippen LogP contribution in [0.5, 0.6) is 5.75 Å². The third-order valence-electron chi connectivity index (χ3n) is 5.28. The van der Waals surface area contributed by atoms with Crippen LogP contribution >= 0.6 is 11.3 Å². The van der Waals surface area contributed by atoms with Crippen molar-refractivity contribution in [2.45, 2.75) is 33.9 Å². The van der Waals surface area contributed by atoms with E-state index in [2.05, 4.69) is 34.6 Å². The highest BCUT2D eigenvalue weighted by atomic mass is 32.1. The van der Waals surface area contributed by atoms with Crippen LogP contribution in [0.1, 0.15) is 27.1 Å². The highest BCUT2D eigenvalue weighted by Crippen LogP contribution is 2.25. The molecule has 0 bridgehead atoms. The lowest BCUT2D eigenvalue weighted by atomic mass is 10.2. The van der Waals surface area contributed by atoms with Crippen molar-refractivity contribution in [2.75, 3.05) is 0 Å². The summed E-state index contributed by atoms with van der Waals surface area (Å²) >= 11 is 1.48. The first-order chi connectivity index (χ1) is 15.9. The van der Waals surface area contributed by atoms with E-state index in [1.54, 1.807) is 0 Å². The molecule has 0 aliphatic carbocycles. The van der Waals surface area contributed by atoms with Crippen LogP contribution in [0.2, 0.25) is 0 Å². The van der Waals surface area contributed by atoms with E-state index in [9.17, 15) is 9.59 Å². The molecule has 4 rings (SSSR count). The Balaban J connectivity index is 1.31. The van der Waals surface area contributed by atoms with E-state index in [0.717, 1.165) is 27.3 Å². The molecule has 8 heteroatoms. The zero-order valence-electron chi connectivity index (χ0n) is 18.7. The quantitative estimate of drug-likeness (QED) is 0.332. The average molecular weight is 461 g/mol. The van der Waals surface area contributed by atoms with Gasteiger partial charge >= 0.3 is 0 Å². The van der Waals surface area contributed by atoms with Gasteiger partial charge in [0.1, 0.15) is 23.7 Å². The molecule has 0 unspecified atom stereocenters. The molecule has 7 nitrogen and oxygen atoms in total. The molecule has 4 aromatic rings. The Morgan fingerprint density at radius 1 is 1.12 bits per heavy atom. The molecule has 2 aromatic carbocycles. The topological polar surface area (TPSA) is 85.6 Å². The first-order valence-corrected chi connectivity index (χ1v) is 11.3. The lowest BCUT2D eigenvalue weighted by Gasteiger charge is -2.07. The number of carbonyl (C=O) groups excluding carboxylic acids is 1. The molecule has 2 heterocycles. The minimum atomic E-state index is -0.405. The molecular formula is C25H24N4O3S. The summed E-state index contributed by atoms with van der Waals surface area (Å²) in [7, 11) is 0. The minimum absolute atomic E-state index is 0.154. The number of hydrogen-bond acceptors (Lipinski definition) is 6. The van der Waals surface area contributed by atoms with E-state index in [-0.39, 0.29) is 12.1 Å². The summed E-state index contributed by atoms with van der Waals surface area (Å²) < 4.78 is 7.09. The number of nitrogens with zero attached hydrogens (tertiary/aromatic N) is 3. The van der Waals surface area contributed by atoms with Gasteiger partial charge in [0, 0.05) is 4.88 Å². The van der Waals surface area contributed by atoms with Crippen molar-refractivity contribution in [1.82, 2.24) is 15.0 Å². The standard InChI is InChI=1S/C25H24N4O3S/c1-16-4-6-20(7-5-16)14-32-21-10-8-19(9-11-21)12-27-28-22(30)13-29-15-26-24-23(25(29)31)17(2)18(3)33-24/h4-12,15H,13-14H2,1-3H3,(H,28,30). The van der Waals surface area contributed by atoms with Crippen LogP contribution in [0.25, 0.3) is 10.2 Å². The molecule has 0 spiro atoms. The molecule has 0 saturated heterocycles. The van der Waals surface area contributed by atoms with Crippen LogP contribution in [0.3, 0.4) is 0 Å². The molecular weight excluding hydrogens is 436 g/mol. The molecule has 1 N–H and O–H groups in total. The summed E-state index contributed by atoms with van der Waals surface area (Å²) in [6, 6.07) is 15.6. The molecule has 0 radical (unpaired) electrons. The second kappa shape index (κ2) is 9.79. The Kier molecular flexibility index (Phi) is 6.65. The van der Waals surface area contributed by atoms with Crippen molar-refractivity contribution in [2.24, 2.45) is 5.10 Å². The first-order valence-electron chi connectivity index (χ1n) is 10.5. The maximum Gasteiger partial charge on any atom is 0.262 e. The van der Waals surface area contributed by atoms with Crippen molar-refractivity contribution >= 4 is 33.7 Å². The van der Waals surface area contributed by atoms with Crippen LogP contribution in [-0.4, -0.2) is 21.7 Å². The van der Waals surface area contributed by atoms with Crippen molar-refractivity contribution in [3.8, 4) is 5.75 Å². The Morgan fingerprint density at radius 2 is 1.85 bits per heavy atom. The number of aryl methyl sites for hydroxylation is 3. The van der Waals surface area contributed by atoms with Crippen molar-refractivity contribution in [1.29, 1.82) is 0 Å². The van der Waals surface area contributed by atoms with Gasteiger partial charge in [0.25, 0.3) is 11.5 Å². The summed E-state index contributed by atoms with van der Waals surface area (Å²) in [6.45, 7) is 6.24. The van der Waals surface area contributed by atoms with Gasteiger partial charge in [-0.15, -0.1) is 11.3 Å². The van der Waals surface area contributed by atoms with E-state index in [1.165, 1.54) is 34.0 Å². The average Bonchev–Trinajstić information content (AvgIpc) is 3.10. The highest BCUT2D eigenvalue weighted by molar-refractivity contribution is 7.18. The maximum absolute atomic E-state index is 12.7.